The molecule has 2 rings (SSSR count). The highest BCUT2D eigenvalue weighted by molar-refractivity contribution is 5.12. The highest BCUT2D eigenvalue weighted by atomic mass is 16.7. The van der Waals surface area contributed by atoms with Crippen molar-refractivity contribution in [3.63, 3.8) is 0 Å². The molecule has 0 aromatic carbocycles. The van der Waals surface area contributed by atoms with Gasteiger partial charge >= 0.3 is 0 Å². The molecule has 0 bridgehead atoms. The van der Waals surface area contributed by atoms with Gasteiger partial charge in [0.1, 0.15) is 0 Å². The molecule has 4 nitrogen and oxygen atoms in total. The van der Waals surface area contributed by atoms with Gasteiger partial charge in [-0.2, -0.15) is 0 Å². The molecule has 0 amide bonds. The number of nitrogens with two attached hydrogens (primary N) is 1. The van der Waals surface area contributed by atoms with Crippen LogP contribution in [0, 0.1) is 0 Å². The molecular weight excluding hydrogens is 168 g/mol. The molecule has 4 heteroatoms. The molecule has 2 N–H and O–H groups in total. The Kier molecular flexibility index (Phi) is 2.54. The summed E-state index contributed by atoms with van der Waals surface area (Å²) >= 11 is 0. The third-order valence-corrected chi connectivity index (χ3v) is 1.90. The Hall–Kier alpha value is -0.970. The Morgan fingerprint density at radius 1 is 1.38 bits per heavy atom. The normalized spacial score (nSPS) is 17.9. The van der Waals surface area contributed by atoms with Gasteiger partial charge in [0.05, 0.1) is 24.6 Å². The number of aromatic nitrogens is 1. The molecule has 13 heavy (non-hydrogen) atoms. The molecule has 0 atom stereocenters. The predicted molar refractivity (Wildman–Crippen MR) is 46.8 cm³/mol. The molecular formula is C9H12N2O2. The van der Waals surface area contributed by atoms with Crippen molar-refractivity contribution in [3.8, 4) is 0 Å². The van der Waals surface area contributed by atoms with Gasteiger partial charge in [0, 0.05) is 6.54 Å². The molecule has 1 aliphatic rings. The third-order valence-electron chi connectivity index (χ3n) is 1.90. The summed E-state index contributed by atoms with van der Waals surface area (Å²) in [6, 6.07) is 5.68. The molecule has 0 unspecified atom stereocenters. The summed E-state index contributed by atoms with van der Waals surface area (Å²) in [7, 11) is 0. The smallest absolute Gasteiger partial charge is 0.201 e. The molecule has 0 radical (unpaired) electrons. The summed E-state index contributed by atoms with van der Waals surface area (Å²) in [5, 5.41) is 0. The maximum absolute atomic E-state index is 5.47. The van der Waals surface area contributed by atoms with Crippen molar-refractivity contribution in [1.82, 2.24) is 4.98 Å². The van der Waals surface area contributed by atoms with Crippen LogP contribution in [0.15, 0.2) is 18.2 Å². The molecule has 1 fully saturated rings. The number of ether oxygens (including phenoxy) is 2. The van der Waals surface area contributed by atoms with Crippen molar-refractivity contribution in [1.29, 1.82) is 0 Å². The third kappa shape index (κ3) is 1.85. The van der Waals surface area contributed by atoms with Crippen LogP contribution in [0.4, 0.5) is 0 Å². The van der Waals surface area contributed by atoms with Crippen molar-refractivity contribution in [2.75, 3.05) is 13.2 Å². The van der Waals surface area contributed by atoms with Crippen LogP contribution >= 0.6 is 0 Å². The zero-order valence-electron chi connectivity index (χ0n) is 7.27. The first-order valence-corrected chi connectivity index (χ1v) is 4.29. The van der Waals surface area contributed by atoms with Gasteiger partial charge in [0.15, 0.2) is 0 Å². The van der Waals surface area contributed by atoms with Crippen molar-refractivity contribution in [2.24, 2.45) is 5.73 Å². The summed E-state index contributed by atoms with van der Waals surface area (Å²) in [5.41, 5.74) is 7.14. The van der Waals surface area contributed by atoms with E-state index >= 15 is 0 Å². The monoisotopic (exact) mass is 180 g/mol. The van der Waals surface area contributed by atoms with Gasteiger partial charge in [-0.3, -0.25) is 4.98 Å². The van der Waals surface area contributed by atoms with E-state index in [-0.39, 0.29) is 6.29 Å². The first kappa shape index (κ1) is 8.62. The average molecular weight is 180 g/mol. The lowest BCUT2D eigenvalue weighted by atomic mass is 10.3. The maximum atomic E-state index is 5.47. The summed E-state index contributed by atoms with van der Waals surface area (Å²) in [6.45, 7) is 1.72. The van der Waals surface area contributed by atoms with Gasteiger partial charge in [0.2, 0.25) is 6.29 Å². The number of nitrogens with zero attached hydrogens (tertiary/aromatic N) is 1. The number of pyridine rings is 1. The van der Waals surface area contributed by atoms with E-state index in [2.05, 4.69) is 4.98 Å². The van der Waals surface area contributed by atoms with E-state index in [0.717, 1.165) is 11.4 Å². The molecule has 1 aliphatic heterocycles. The molecule has 1 aromatic rings. The lowest BCUT2D eigenvalue weighted by molar-refractivity contribution is -0.0473. The first-order valence-electron chi connectivity index (χ1n) is 4.29. The van der Waals surface area contributed by atoms with Crippen LogP contribution in [0.25, 0.3) is 0 Å². The second-order valence-electron chi connectivity index (χ2n) is 2.83. The van der Waals surface area contributed by atoms with E-state index in [1.807, 2.05) is 18.2 Å². The Bertz CT molecular complexity index is 285. The SMILES string of the molecule is NCc1cccc(C2OCCO2)n1. The van der Waals surface area contributed by atoms with Crippen LogP contribution in [0.5, 0.6) is 0 Å². The van der Waals surface area contributed by atoms with E-state index in [0.29, 0.717) is 19.8 Å². The Balaban J connectivity index is 2.18. The Morgan fingerprint density at radius 2 is 2.15 bits per heavy atom. The van der Waals surface area contributed by atoms with Crippen molar-refractivity contribution < 1.29 is 9.47 Å². The first-order chi connectivity index (χ1) is 6.40. The van der Waals surface area contributed by atoms with Crippen molar-refractivity contribution >= 4 is 0 Å². The predicted octanol–water partition coefficient (Wildman–Crippen LogP) is 0.586. The van der Waals surface area contributed by atoms with E-state index in [1.165, 1.54) is 0 Å². The van der Waals surface area contributed by atoms with Crippen LogP contribution in [0.1, 0.15) is 17.7 Å². The van der Waals surface area contributed by atoms with E-state index < -0.39 is 0 Å². The fraction of sp³-hybridized carbons (Fsp3) is 0.444. The van der Waals surface area contributed by atoms with Gasteiger partial charge in [-0.05, 0) is 12.1 Å². The van der Waals surface area contributed by atoms with Gasteiger partial charge in [0.25, 0.3) is 0 Å². The minimum absolute atomic E-state index is 0.300. The minimum atomic E-state index is -0.300. The highest BCUT2D eigenvalue weighted by Gasteiger charge is 2.19. The molecule has 1 saturated heterocycles. The number of hydrogen-bond donors (Lipinski definition) is 1. The Morgan fingerprint density at radius 3 is 2.85 bits per heavy atom. The lowest BCUT2D eigenvalue weighted by Gasteiger charge is -2.08. The second-order valence-corrected chi connectivity index (χ2v) is 2.83. The van der Waals surface area contributed by atoms with Crippen LogP contribution in [-0.4, -0.2) is 18.2 Å². The number of hydrogen-bond acceptors (Lipinski definition) is 4. The molecule has 0 saturated carbocycles. The van der Waals surface area contributed by atoms with Crippen LogP contribution in [-0.2, 0) is 16.0 Å². The number of rotatable bonds is 2. The van der Waals surface area contributed by atoms with Gasteiger partial charge in [-0.25, -0.2) is 0 Å². The van der Waals surface area contributed by atoms with Crippen LogP contribution in [0.2, 0.25) is 0 Å². The summed E-state index contributed by atoms with van der Waals surface area (Å²) < 4.78 is 10.6. The minimum Gasteiger partial charge on any atom is -0.345 e. The largest absolute Gasteiger partial charge is 0.345 e. The topological polar surface area (TPSA) is 57.4 Å². The summed E-state index contributed by atoms with van der Waals surface area (Å²) in [4.78, 5) is 4.30. The van der Waals surface area contributed by atoms with Gasteiger partial charge in [-0.15, -0.1) is 0 Å². The van der Waals surface area contributed by atoms with Gasteiger partial charge in [-0.1, -0.05) is 6.07 Å². The van der Waals surface area contributed by atoms with Crippen LogP contribution < -0.4 is 5.73 Å². The van der Waals surface area contributed by atoms with Gasteiger partial charge < -0.3 is 15.2 Å². The second kappa shape index (κ2) is 3.83. The zero-order valence-corrected chi connectivity index (χ0v) is 7.27. The average Bonchev–Trinajstić information content (AvgIpc) is 2.71. The standard InChI is InChI=1S/C9H12N2O2/c10-6-7-2-1-3-8(11-7)9-12-4-5-13-9/h1-3,9H,4-6,10H2. The van der Waals surface area contributed by atoms with E-state index in [1.54, 1.807) is 0 Å². The van der Waals surface area contributed by atoms with E-state index in [4.69, 9.17) is 15.2 Å². The molecule has 0 spiro atoms. The highest BCUT2D eigenvalue weighted by Crippen LogP contribution is 2.21. The molecule has 1 aromatic heterocycles. The molecule has 70 valence electrons. The lowest BCUT2D eigenvalue weighted by Crippen LogP contribution is -2.05. The van der Waals surface area contributed by atoms with Crippen molar-refractivity contribution in [3.05, 3.63) is 29.6 Å². The zero-order chi connectivity index (χ0) is 9.10. The van der Waals surface area contributed by atoms with Crippen LogP contribution in [0.3, 0.4) is 0 Å². The molecule has 2 heterocycles. The van der Waals surface area contributed by atoms with Crippen molar-refractivity contribution in [2.45, 2.75) is 12.8 Å². The summed E-state index contributed by atoms with van der Waals surface area (Å²) in [6.07, 6.45) is -0.300. The van der Waals surface area contributed by atoms with E-state index in [9.17, 15) is 0 Å². The fourth-order valence-electron chi connectivity index (χ4n) is 1.27. The quantitative estimate of drug-likeness (QED) is 0.723. The Labute approximate surface area is 76.7 Å². The fourth-order valence-corrected chi connectivity index (χ4v) is 1.27. The molecule has 0 aliphatic carbocycles. The summed E-state index contributed by atoms with van der Waals surface area (Å²) in [5.74, 6) is 0. The maximum Gasteiger partial charge on any atom is 0.201 e.